The van der Waals surface area contributed by atoms with E-state index < -0.39 is 11.6 Å². The molecule has 0 aliphatic heterocycles. The predicted octanol–water partition coefficient (Wildman–Crippen LogP) is 3.89. The summed E-state index contributed by atoms with van der Waals surface area (Å²) in [6.45, 7) is 4.00. The summed E-state index contributed by atoms with van der Waals surface area (Å²) in [6.07, 6.45) is 0. The number of hydrogen-bond acceptors (Lipinski definition) is 2. The molecule has 0 unspecified atom stereocenters. The first-order valence-corrected chi connectivity index (χ1v) is 5.42. The van der Waals surface area contributed by atoms with Crippen LogP contribution in [0.15, 0.2) is 24.3 Å². The van der Waals surface area contributed by atoms with Gasteiger partial charge in [-0.3, -0.25) is 0 Å². The van der Waals surface area contributed by atoms with Crippen LogP contribution >= 0.6 is 0 Å². The zero-order valence-electron chi connectivity index (χ0n) is 10.0. The number of fused-ring (bicyclic) bond motifs is 1. The maximum absolute atomic E-state index is 13.5. The van der Waals surface area contributed by atoms with Gasteiger partial charge < -0.3 is 10.4 Å². The van der Waals surface area contributed by atoms with E-state index in [-0.39, 0.29) is 11.1 Å². The Morgan fingerprint density at radius 1 is 1.12 bits per heavy atom. The van der Waals surface area contributed by atoms with Crippen molar-refractivity contribution in [2.75, 3.05) is 12.4 Å². The highest BCUT2D eigenvalue weighted by atomic mass is 19.2. The van der Waals surface area contributed by atoms with E-state index in [0.29, 0.717) is 11.1 Å². The summed E-state index contributed by atoms with van der Waals surface area (Å²) >= 11 is 0. The van der Waals surface area contributed by atoms with Crippen LogP contribution in [0, 0.1) is 11.6 Å². The molecule has 0 atom stereocenters. The van der Waals surface area contributed by atoms with Crippen LogP contribution in [-0.2, 0) is 0 Å². The van der Waals surface area contributed by atoms with E-state index in [9.17, 15) is 13.9 Å². The number of benzene rings is 2. The first-order chi connectivity index (χ1) is 8.13. The van der Waals surface area contributed by atoms with Crippen molar-refractivity contribution in [2.24, 2.45) is 0 Å². The lowest BCUT2D eigenvalue weighted by Gasteiger charge is -2.08. The molecule has 0 aromatic heterocycles. The molecular weight excluding hydrogens is 224 g/mol. The number of nitrogens with one attached hydrogen (secondary N) is 1. The van der Waals surface area contributed by atoms with Gasteiger partial charge in [-0.1, -0.05) is 19.9 Å². The molecule has 2 nitrogen and oxygen atoms in total. The molecule has 2 aromatic rings. The Balaban J connectivity index is 0.000000686. The summed E-state index contributed by atoms with van der Waals surface area (Å²) in [5.41, 5.74) is 0.363. The number of anilines is 1. The molecule has 0 radical (unpaired) electrons. The van der Waals surface area contributed by atoms with Gasteiger partial charge >= 0.3 is 0 Å². The third kappa shape index (κ3) is 2.46. The minimum Gasteiger partial charge on any atom is -0.508 e. The van der Waals surface area contributed by atoms with Gasteiger partial charge in [0.1, 0.15) is 5.75 Å². The Hall–Kier alpha value is -1.84. The molecule has 0 aliphatic carbocycles. The van der Waals surface area contributed by atoms with Crippen molar-refractivity contribution in [2.45, 2.75) is 13.8 Å². The van der Waals surface area contributed by atoms with Crippen LogP contribution in [0.1, 0.15) is 13.8 Å². The summed E-state index contributed by atoms with van der Waals surface area (Å²) in [7, 11) is 1.58. The molecule has 0 saturated heterocycles. The molecule has 0 aliphatic rings. The van der Waals surface area contributed by atoms with E-state index in [0.717, 1.165) is 6.07 Å². The summed E-state index contributed by atoms with van der Waals surface area (Å²) < 4.78 is 26.5. The van der Waals surface area contributed by atoms with E-state index >= 15 is 0 Å². The zero-order chi connectivity index (χ0) is 13.0. The highest BCUT2D eigenvalue weighted by Gasteiger charge is 2.11. The van der Waals surface area contributed by atoms with Crippen molar-refractivity contribution in [1.82, 2.24) is 0 Å². The SMILES string of the molecule is CC.CNc1cc(O)cc2ccc(F)c(F)c12. The third-order valence-corrected chi connectivity index (χ3v) is 2.26. The second kappa shape index (κ2) is 5.48. The lowest BCUT2D eigenvalue weighted by molar-refractivity contribution is 0.476. The fourth-order valence-corrected chi connectivity index (χ4v) is 1.58. The number of aromatic hydroxyl groups is 1. The van der Waals surface area contributed by atoms with Crippen molar-refractivity contribution in [3.05, 3.63) is 35.9 Å². The van der Waals surface area contributed by atoms with Crippen molar-refractivity contribution < 1.29 is 13.9 Å². The normalized spacial score (nSPS) is 9.71. The van der Waals surface area contributed by atoms with Crippen LogP contribution in [0.4, 0.5) is 14.5 Å². The summed E-state index contributed by atoms with van der Waals surface area (Å²) in [5, 5.41) is 12.7. The molecule has 0 fully saturated rings. The molecule has 2 rings (SSSR count). The molecule has 0 bridgehead atoms. The van der Waals surface area contributed by atoms with Gasteiger partial charge in [0.05, 0.1) is 0 Å². The van der Waals surface area contributed by atoms with Crippen LogP contribution < -0.4 is 5.32 Å². The minimum atomic E-state index is -0.906. The van der Waals surface area contributed by atoms with E-state index in [1.54, 1.807) is 7.05 Å². The fraction of sp³-hybridized carbons (Fsp3) is 0.231. The van der Waals surface area contributed by atoms with E-state index in [1.165, 1.54) is 18.2 Å². The Labute approximate surface area is 98.9 Å². The molecule has 4 heteroatoms. The lowest BCUT2D eigenvalue weighted by Crippen LogP contribution is -1.94. The molecule has 0 spiro atoms. The molecule has 0 saturated carbocycles. The fourth-order valence-electron chi connectivity index (χ4n) is 1.58. The van der Waals surface area contributed by atoms with Crippen molar-refractivity contribution in [3.8, 4) is 5.75 Å². The summed E-state index contributed by atoms with van der Waals surface area (Å²) in [6, 6.07) is 5.20. The van der Waals surface area contributed by atoms with Gasteiger partial charge in [-0.05, 0) is 17.5 Å². The maximum atomic E-state index is 13.5. The monoisotopic (exact) mass is 239 g/mol. The number of phenolic OH excluding ortho intramolecular Hbond substituents is 1. The Bertz CT molecular complexity index is 526. The second-order valence-electron chi connectivity index (χ2n) is 3.20. The Morgan fingerprint density at radius 2 is 1.76 bits per heavy atom. The highest BCUT2D eigenvalue weighted by Crippen LogP contribution is 2.31. The average Bonchev–Trinajstić information content (AvgIpc) is 2.35. The van der Waals surface area contributed by atoms with Crippen LogP contribution in [0.5, 0.6) is 5.75 Å². The number of phenols is 1. The molecule has 17 heavy (non-hydrogen) atoms. The maximum Gasteiger partial charge on any atom is 0.168 e. The zero-order valence-corrected chi connectivity index (χ0v) is 10.0. The van der Waals surface area contributed by atoms with Gasteiger partial charge in [0, 0.05) is 24.2 Å². The molecule has 2 N–H and O–H groups in total. The molecular formula is C13H15F2NO. The van der Waals surface area contributed by atoms with Crippen molar-refractivity contribution in [3.63, 3.8) is 0 Å². The molecule has 92 valence electrons. The van der Waals surface area contributed by atoms with Crippen LogP contribution in [0.3, 0.4) is 0 Å². The summed E-state index contributed by atoms with van der Waals surface area (Å²) in [4.78, 5) is 0. The molecule has 0 amide bonds. The van der Waals surface area contributed by atoms with Crippen LogP contribution in [-0.4, -0.2) is 12.2 Å². The van der Waals surface area contributed by atoms with Gasteiger partial charge in [-0.2, -0.15) is 0 Å². The van der Waals surface area contributed by atoms with E-state index in [2.05, 4.69) is 5.32 Å². The standard InChI is InChI=1S/C11H9F2NO.C2H6/c1-14-9-5-7(15)4-6-2-3-8(12)11(13)10(6)9;1-2/h2-5,14-15H,1H3;1-2H3. The molecule has 0 heterocycles. The Morgan fingerprint density at radius 3 is 2.35 bits per heavy atom. The van der Waals surface area contributed by atoms with Gasteiger partial charge in [0.15, 0.2) is 11.6 Å². The third-order valence-electron chi connectivity index (χ3n) is 2.26. The minimum absolute atomic E-state index is 0.0119. The lowest BCUT2D eigenvalue weighted by atomic mass is 10.1. The summed E-state index contributed by atoms with van der Waals surface area (Å²) in [5.74, 6) is -1.79. The predicted molar refractivity (Wildman–Crippen MR) is 66.4 cm³/mol. The second-order valence-corrected chi connectivity index (χ2v) is 3.20. The first kappa shape index (κ1) is 13.2. The largest absolute Gasteiger partial charge is 0.508 e. The van der Waals surface area contributed by atoms with Crippen LogP contribution in [0.25, 0.3) is 10.8 Å². The van der Waals surface area contributed by atoms with Crippen molar-refractivity contribution >= 4 is 16.5 Å². The van der Waals surface area contributed by atoms with Gasteiger partial charge in [0.2, 0.25) is 0 Å². The Kier molecular flexibility index (Phi) is 4.26. The van der Waals surface area contributed by atoms with E-state index in [1.807, 2.05) is 13.8 Å². The van der Waals surface area contributed by atoms with Gasteiger partial charge in [-0.25, -0.2) is 8.78 Å². The smallest absolute Gasteiger partial charge is 0.168 e. The number of halogens is 2. The quantitative estimate of drug-likeness (QED) is 0.791. The van der Waals surface area contributed by atoms with E-state index in [4.69, 9.17) is 0 Å². The topological polar surface area (TPSA) is 32.3 Å². The number of rotatable bonds is 1. The first-order valence-electron chi connectivity index (χ1n) is 5.42. The van der Waals surface area contributed by atoms with Gasteiger partial charge in [0.25, 0.3) is 0 Å². The van der Waals surface area contributed by atoms with Crippen LogP contribution in [0.2, 0.25) is 0 Å². The molecule has 2 aromatic carbocycles. The van der Waals surface area contributed by atoms with Gasteiger partial charge in [-0.15, -0.1) is 0 Å². The average molecular weight is 239 g/mol. The number of hydrogen-bond donors (Lipinski definition) is 2. The highest BCUT2D eigenvalue weighted by molar-refractivity contribution is 5.95. The van der Waals surface area contributed by atoms with Crippen molar-refractivity contribution in [1.29, 1.82) is 0 Å².